The standard InChI is InChI=1S/C29H31ClFN5O3/c1-19(38)33-29(2)7-8-35(17-29)23-11-21(15-32-16-23)25-14-22(31)13-24(28(25)39)20-5-6-27(26(30)12-20)36(18-37)10-9-34(3)4/h5-6,9-16,18,39H,7-8,17H2,1-4H3,(H,33,38)/b10-9-/t29-/m1/s1. The molecule has 1 atom stereocenters. The number of pyridine rings is 1. The van der Waals surface area contributed by atoms with Gasteiger partial charge in [-0.2, -0.15) is 0 Å². The molecule has 1 aliphatic rings. The highest BCUT2D eigenvalue weighted by Crippen LogP contribution is 2.41. The molecule has 2 amide bonds. The predicted octanol–water partition coefficient (Wildman–Crippen LogP) is 5.01. The van der Waals surface area contributed by atoms with Gasteiger partial charge in [-0.1, -0.05) is 17.7 Å². The first-order chi connectivity index (χ1) is 18.5. The molecule has 0 saturated carbocycles. The minimum Gasteiger partial charge on any atom is -0.507 e. The molecule has 1 fully saturated rings. The largest absolute Gasteiger partial charge is 0.507 e. The third-order valence-electron chi connectivity index (χ3n) is 6.60. The Morgan fingerprint density at radius 1 is 1.15 bits per heavy atom. The Kier molecular flexibility index (Phi) is 8.11. The monoisotopic (exact) mass is 551 g/mol. The molecule has 4 rings (SSSR count). The van der Waals surface area contributed by atoms with Crippen molar-refractivity contribution in [3.63, 3.8) is 0 Å². The number of aromatic hydroxyl groups is 1. The molecule has 0 unspecified atom stereocenters. The van der Waals surface area contributed by atoms with Gasteiger partial charge in [0.15, 0.2) is 0 Å². The van der Waals surface area contributed by atoms with Gasteiger partial charge in [0, 0.05) is 69.4 Å². The predicted molar refractivity (Wildman–Crippen MR) is 152 cm³/mol. The van der Waals surface area contributed by atoms with Gasteiger partial charge in [0.1, 0.15) is 11.6 Å². The van der Waals surface area contributed by atoms with Gasteiger partial charge in [-0.15, -0.1) is 0 Å². The van der Waals surface area contributed by atoms with Gasteiger partial charge < -0.3 is 20.2 Å². The molecule has 10 heteroatoms. The fourth-order valence-electron chi connectivity index (χ4n) is 4.76. The van der Waals surface area contributed by atoms with Crippen LogP contribution in [0.3, 0.4) is 0 Å². The SMILES string of the molecule is CC(=O)N[C@]1(C)CCN(c2cncc(-c3cc(F)cc(-c4ccc(N(C=O)/C=C\N(C)C)c(Cl)c4)c3O)c2)C1. The number of nitrogens with zero attached hydrogens (tertiary/aromatic N) is 4. The first-order valence-electron chi connectivity index (χ1n) is 12.4. The fourth-order valence-corrected chi connectivity index (χ4v) is 5.04. The zero-order chi connectivity index (χ0) is 28.3. The van der Waals surface area contributed by atoms with Crippen LogP contribution in [0.1, 0.15) is 20.3 Å². The van der Waals surface area contributed by atoms with Crippen LogP contribution >= 0.6 is 11.6 Å². The molecule has 0 radical (unpaired) electrons. The van der Waals surface area contributed by atoms with E-state index in [1.165, 1.54) is 24.0 Å². The Morgan fingerprint density at radius 2 is 1.87 bits per heavy atom. The Bertz CT molecular complexity index is 1430. The maximum absolute atomic E-state index is 14.9. The number of phenolic OH excluding ortho intramolecular Hbond substituents is 1. The van der Waals surface area contributed by atoms with Crippen molar-refractivity contribution >= 4 is 35.3 Å². The number of phenols is 1. The molecule has 1 aliphatic heterocycles. The smallest absolute Gasteiger partial charge is 0.218 e. The molecular formula is C29H31ClFN5O3. The van der Waals surface area contributed by atoms with Crippen LogP contribution in [0.15, 0.2) is 61.2 Å². The van der Waals surface area contributed by atoms with Crippen molar-refractivity contribution in [2.75, 3.05) is 37.0 Å². The van der Waals surface area contributed by atoms with E-state index in [2.05, 4.69) is 15.2 Å². The van der Waals surface area contributed by atoms with Crippen LogP contribution in [0, 0.1) is 5.82 Å². The molecule has 0 spiro atoms. The van der Waals surface area contributed by atoms with Crippen LogP contribution in [-0.2, 0) is 9.59 Å². The third kappa shape index (κ3) is 6.31. The lowest BCUT2D eigenvalue weighted by molar-refractivity contribution is -0.120. The Morgan fingerprint density at radius 3 is 2.51 bits per heavy atom. The molecule has 0 bridgehead atoms. The normalized spacial score (nSPS) is 16.9. The molecule has 1 saturated heterocycles. The minimum atomic E-state index is -0.536. The van der Waals surface area contributed by atoms with E-state index >= 15 is 0 Å². The lowest BCUT2D eigenvalue weighted by atomic mass is 9.97. The lowest BCUT2D eigenvalue weighted by Gasteiger charge is -2.26. The summed E-state index contributed by atoms with van der Waals surface area (Å²) in [5.74, 6) is -0.741. The number of hydrogen-bond acceptors (Lipinski definition) is 6. The van der Waals surface area contributed by atoms with E-state index in [0.717, 1.165) is 12.1 Å². The van der Waals surface area contributed by atoms with E-state index in [1.807, 2.05) is 27.1 Å². The van der Waals surface area contributed by atoms with Gasteiger partial charge in [-0.05, 0) is 49.2 Å². The number of benzene rings is 2. The number of carbonyl (C=O) groups is 2. The molecule has 2 N–H and O–H groups in total. The van der Waals surface area contributed by atoms with Crippen molar-refractivity contribution in [3.8, 4) is 28.0 Å². The summed E-state index contributed by atoms with van der Waals surface area (Å²) in [4.78, 5) is 32.8. The maximum atomic E-state index is 14.9. The molecule has 0 aliphatic carbocycles. The fraction of sp³-hybridized carbons (Fsp3) is 0.276. The number of amides is 2. The van der Waals surface area contributed by atoms with Gasteiger partial charge in [0.25, 0.3) is 0 Å². The summed E-state index contributed by atoms with van der Waals surface area (Å²) < 4.78 is 14.9. The number of hydrogen-bond donors (Lipinski definition) is 2. The third-order valence-corrected chi connectivity index (χ3v) is 6.90. The molecule has 3 aromatic rings. The van der Waals surface area contributed by atoms with E-state index in [1.54, 1.807) is 47.9 Å². The maximum Gasteiger partial charge on any atom is 0.218 e. The van der Waals surface area contributed by atoms with Crippen LogP contribution in [-0.4, -0.2) is 60.0 Å². The highest BCUT2D eigenvalue weighted by atomic mass is 35.5. The number of aromatic nitrogens is 1. The van der Waals surface area contributed by atoms with Crippen molar-refractivity contribution in [3.05, 3.63) is 72.0 Å². The first-order valence-corrected chi connectivity index (χ1v) is 12.8. The average molecular weight is 552 g/mol. The first kappa shape index (κ1) is 27.9. The van der Waals surface area contributed by atoms with Crippen molar-refractivity contribution < 1.29 is 19.1 Å². The van der Waals surface area contributed by atoms with Crippen molar-refractivity contribution in [2.45, 2.75) is 25.8 Å². The van der Waals surface area contributed by atoms with Gasteiger partial charge in [-0.25, -0.2) is 4.39 Å². The highest BCUT2D eigenvalue weighted by molar-refractivity contribution is 6.34. The van der Waals surface area contributed by atoms with E-state index < -0.39 is 5.82 Å². The van der Waals surface area contributed by atoms with Crippen LogP contribution in [0.4, 0.5) is 15.8 Å². The Balaban J connectivity index is 1.67. The number of halogens is 2. The quantitative estimate of drug-likeness (QED) is 0.382. The van der Waals surface area contributed by atoms with E-state index in [4.69, 9.17) is 11.6 Å². The molecule has 1 aromatic heterocycles. The summed E-state index contributed by atoms with van der Waals surface area (Å²) in [6, 6.07) is 9.24. The van der Waals surface area contributed by atoms with Crippen molar-refractivity contribution in [2.24, 2.45) is 0 Å². The second-order valence-electron chi connectivity index (χ2n) is 10.1. The van der Waals surface area contributed by atoms with Gasteiger partial charge in [0.2, 0.25) is 12.3 Å². The van der Waals surface area contributed by atoms with Crippen molar-refractivity contribution in [1.82, 2.24) is 15.2 Å². The van der Waals surface area contributed by atoms with E-state index in [0.29, 0.717) is 36.3 Å². The zero-order valence-corrected chi connectivity index (χ0v) is 23.0. The summed E-state index contributed by atoms with van der Waals surface area (Å²) in [7, 11) is 3.65. The van der Waals surface area contributed by atoms with Crippen LogP contribution in [0.2, 0.25) is 5.02 Å². The number of nitrogens with one attached hydrogen (secondary N) is 1. The topological polar surface area (TPSA) is 89.0 Å². The minimum absolute atomic E-state index is 0.0829. The Labute approximate surface area is 232 Å². The van der Waals surface area contributed by atoms with Crippen LogP contribution in [0.5, 0.6) is 5.75 Å². The molecule has 204 valence electrons. The summed E-state index contributed by atoms with van der Waals surface area (Å²) in [5.41, 5.74) is 2.46. The molecule has 2 heterocycles. The van der Waals surface area contributed by atoms with Gasteiger partial charge >= 0.3 is 0 Å². The summed E-state index contributed by atoms with van der Waals surface area (Å²) >= 11 is 6.50. The summed E-state index contributed by atoms with van der Waals surface area (Å²) in [6.45, 7) is 4.82. The molecular weight excluding hydrogens is 521 g/mol. The lowest BCUT2D eigenvalue weighted by Crippen LogP contribution is -2.47. The van der Waals surface area contributed by atoms with Crippen molar-refractivity contribution in [1.29, 1.82) is 0 Å². The average Bonchev–Trinajstić information content (AvgIpc) is 3.27. The van der Waals surface area contributed by atoms with Crippen LogP contribution < -0.4 is 15.1 Å². The Hall–Kier alpha value is -4.11. The van der Waals surface area contributed by atoms with Crippen LogP contribution in [0.25, 0.3) is 22.3 Å². The second kappa shape index (κ2) is 11.3. The highest BCUT2D eigenvalue weighted by Gasteiger charge is 2.34. The molecule has 2 aromatic carbocycles. The van der Waals surface area contributed by atoms with E-state index in [9.17, 15) is 19.1 Å². The number of rotatable bonds is 8. The summed E-state index contributed by atoms with van der Waals surface area (Å²) in [6.07, 6.45) is 7.97. The number of anilines is 2. The van der Waals surface area contributed by atoms with Gasteiger partial charge in [0.05, 0.1) is 28.1 Å². The summed E-state index contributed by atoms with van der Waals surface area (Å²) in [5, 5.41) is 14.5. The number of carbonyl (C=O) groups excluding carboxylic acids is 2. The van der Waals surface area contributed by atoms with E-state index in [-0.39, 0.29) is 33.3 Å². The molecule has 8 nitrogen and oxygen atoms in total. The second-order valence-corrected chi connectivity index (χ2v) is 10.5. The zero-order valence-electron chi connectivity index (χ0n) is 22.3. The van der Waals surface area contributed by atoms with Gasteiger partial charge in [-0.3, -0.25) is 19.5 Å². The molecule has 39 heavy (non-hydrogen) atoms.